The summed E-state index contributed by atoms with van der Waals surface area (Å²) in [7, 11) is -3.49. The molecule has 0 bridgehead atoms. The van der Waals surface area contributed by atoms with Gasteiger partial charge in [0.15, 0.2) is 0 Å². The number of rotatable bonds is 8. The highest BCUT2D eigenvalue weighted by Gasteiger charge is 2.31. The summed E-state index contributed by atoms with van der Waals surface area (Å²) in [5.74, 6) is 0.293. The zero-order valence-corrected chi connectivity index (χ0v) is 18.0. The van der Waals surface area contributed by atoms with Crippen molar-refractivity contribution in [2.75, 3.05) is 32.7 Å². The summed E-state index contributed by atoms with van der Waals surface area (Å²) >= 11 is 0. The monoisotopic (exact) mass is 417 g/mol. The first-order chi connectivity index (χ1) is 12.4. The third-order valence-electron chi connectivity index (χ3n) is 4.86. The summed E-state index contributed by atoms with van der Waals surface area (Å²) in [6.45, 7) is 9.20. The van der Waals surface area contributed by atoms with E-state index in [1.54, 1.807) is 12.1 Å². The highest BCUT2D eigenvalue weighted by atomic mass is 35.5. The molecular weight excluding hydrogens is 386 g/mol. The van der Waals surface area contributed by atoms with Crippen LogP contribution in [0.5, 0.6) is 0 Å². The molecule has 154 valence electrons. The van der Waals surface area contributed by atoms with Crippen LogP contribution >= 0.6 is 12.4 Å². The summed E-state index contributed by atoms with van der Waals surface area (Å²) in [4.78, 5) is 12.5. The molecule has 1 amide bonds. The molecule has 2 rings (SSSR count). The Morgan fingerprint density at radius 1 is 1.15 bits per heavy atom. The van der Waals surface area contributed by atoms with Crippen molar-refractivity contribution in [2.24, 2.45) is 5.92 Å². The van der Waals surface area contributed by atoms with Crippen molar-refractivity contribution in [1.29, 1.82) is 0 Å². The highest BCUT2D eigenvalue weighted by molar-refractivity contribution is 7.89. The van der Waals surface area contributed by atoms with E-state index < -0.39 is 10.0 Å². The number of likely N-dealkylation sites (N-methyl/N-ethyl adjacent to an activating group) is 1. The number of amides is 1. The maximum atomic E-state index is 12.8. The molecule has 0 unspecified atom stereocenters. The van der Waals surface area contributed by atoms with Crippen LogP contribution in [0.3, 0.4) is 0 Å². The third kappa shape index (κ3) is 6.45. The van der Waals surface area contributed by atoms with Gasteiger partial charge in [-0.1, -0.05) is 32.9 Å². The van der Waals surface area contributed by atoms with Crippen LogP contribution in [-0.2, 0) is 14.8 Å². The first kappa shape index (κ1) is 23.9. The minimum Gasteiger partial charge on any atom is -0.355 e. The number of hydrogen-bond donors (Lipinski definition) is 2. The maximum Gasteiger partial charge on any atom is 0.243 e. The summed E-state index contributed by atoms with van der Waals surface area (Å²) in [6, 6.07) is 7.12. The lowest BCUT2D eigenvalue weighted by Crippen LogP contribution is -2.44. The van der Waals surface area contributed by atoms with Crippen molar-refractivity contribution < 1.29 is 13.2 Å². The van der Waals surface area contributed by atoms with Gasteiger partial charge in [-0.25, -0.2) is 8.42 Å². The van der Waals surface area contributed by atoms with E-state index >= 15 is 0 Å². The molecular formula is C19H32ClN3O3S. The van der Waals surface area contributed by atoms with Crippen LogP contribution in [0, 0.1) is 5.92 Å². The SMILES string of the molecule is CCNCCNC(=O)C1CCN(S(=O)(=O)c2ccc(C(C)C)cc2)CC1.Cl. The zero-order valence-electron chi connectivity index (χ0n) is 16.4. The van der Waals surface area contributed by atoms with Gasteiger partial charge in [0.25, 0.3) is 0 Å². The quantitative estimate of drug-likeness (QED) is 0.636. The first-order valence-electron chi connectivity index (χ1n) is 9.44. The van der Waals surface area contributed by atoms with Crippen LogP contribution in [0.4, 0.5) is 0 Å². The number of nitrogens with zero attached hydrogens (tertiary/aromatic N) is 1. The number of sulfonamides is 1. The molecule has 0 spiro atoms. The number of nitrogens with one attached hydrogen (secondary N) is 2. The topological polar surface area (TPSA) is 78.5 Å². The summed E-state index contributed by atoms with van der Waals surface area (Å²) in [6.07, 6.45) is 1.13. The summed E-state index contributed by atoms with van der Waals surface area (Å²) in [5, 5.41) is 6.08. The fraction of sp³-hybridized carbons (Fsp3) is 0.632. The van der Waals surface area contributed by atoms with Gasteiger partial charge in [-0.15, -0.1) is 12.4 Å². The van der Waals surface area contributed by atoms with E-state index in [9.17, 15) is 13.2 Å². The Balaban J connectivity index is 0.00000364. The van der Waals surface area contributed by atoms with Crippen molar-refractivity contribution >= 4 is 28.3 Å². The van der Waals surface area contributed by atoms with Crippen LogP contribution in [0.1, 0.15) is 45.1 Å². The average molecular weight is 418 g/mol. The van der Waals surface area contributed by atoms with Gasteiger partial charge in [-0.05, 0) is 43.0 Å². The van der Waals surface area contributed by atoms with Crippen LogP contribution < -0.4 is 10.6 Å². The molecule has 1 heterocycles. The molecule has 0 aromatic heterocycles. The lowest BCUT2D eigenvalue weighted by molar-refractivity contribution is -0.126. The smallest absolute Gasteiger partial charge is 0.243 e. The van der Waals surface area contributed by atoms with Crippen molar-refractivity contribution in [2.45, 2.75) is 44.4 Å². The van der Waals surface area contributed by atoms with E-state index in [2.05, 4.69) is 24.5 Å². The second kappa shape index (κ2) is 11.0. The number of piperidine rings is 1. The van der Waals surface area contributed by atoms with Gasteiger partial charge >= 0.3 is 0 Å². The number of carbonyl (C=O) groups excluding carboxylic acids is 1. The Morgan fingerprint density at radius 3 is 2.26 bits per heavy atom. The predicted octanol–water partition coefficient (Wildman–Crippen LogP) is 2.36. The Hall–Kier alpha value is -1.15. The van der Waals surface area contributed by atoms with Gasteiger partial charge in [0.05, 0.1) is 4.90 Å². The molecule has 0 aliphatic carbocycles. The zero-order chi connectivity index (χ0) is 19.2. The maximum absolute atomic E-state index is 12.8. The molecule has 1 aromatic rings. The fourth-order valence-electron chi connectivity index (χ4n) is 3.13. The molecule has 1 fully saturated rings. The van der Waals surface area contributed by atoms with Gasteiger partial charge < -0.3 is 10.6 Å². The Kier molecular flexibility index (Phi) is 9.73. The van der Waals surface area contributed by atoms with Crippen molar-refractivity contribution in [1.82, 2.24) is 14.9 Å². The molecule has 8 heteroatoms. The molecule has 1 aromatic carbocycles. The minimum absolute atomic E-state index is 0. The second-order valence-electron chi connectivity index (χ2n) is 7.05. The normalized spacial score (nSPS) is 16.1. The van der Waals surface area contributed by atoms with E-state index in [-0.39, 0.29) is 24.2 Å². The Morgan fingerprint density at radius 2 is 1.74 bits per heavy atom. The second-order valence-corrected chi connectivity index (χ2v) is 8.98. The molecule has 0 atom stereocenters. The van der Waals surface area contributed by atoms with E-state index in [1.807, 2.05) is 19.1 Å². The first-order valence-corrected chi connectivity index (χ1v) is 10.9. The fourth-order valence-corrected chi connectivity index (χ4v) is 4.60. The number of benzene rings is 1. The van der Waals surface area contributed by atoms with Crippen molar-refractivity contribution in [3.05, 3.63) is 29.8 Å². The number of halogens is 1. The van der Waals surface area contributed by atoms with Gasteiger partial charge in [0, 0.05) is 32.1 Å². The predicted molar refractivity (Wildman–Crippen MR) is 111 cm³/mol. The van der Waals surface area contributed by atoms with Crippen LogP contribution in [-0.4, -0.2) is 51.4 Å². The van der Waals surface area contributed by atoms with Crippen molar-refractivity contribution in [3.8, 4) is 0 Å². The minimum atomic E-state index is -3.49. The van der Waals surface area contributed by atoms with E-state index in [0.29, 0.717) is 43.3 Å². The molecule has 1 aliphatic heterocycles. The number of hydrogen-bond acceptors (Lipinski definition) is 4. The van der Waals surface area contributed by atoms with E-state index in [0.717, 1.165) is 18.7 Å². The van der Waals surface area contributed by atoms with E-state index in [4.69, 9.17) is 0 Å². The van der Waals surface area contributed by atoms with Gasteiger partial charge in [0.2, 0.25) is 15.9 Å². The Bertz CT molecular complexity index is 685. The van der Waals surface area contributed by atoms with Crippen molar-refractivity contribution in [3.63, 3.8) is 0 Å². The molecule has 0 radical (unpaired) electrons. The van der Waals surface area contributed by atoms with Gasteiger partial charge in [-0.2, -0.15) is 4.31 Å². The third-order valence-corrected chi connectivity index (χ3v) is 6.77. The van der Waals surface area contributed by atoms with Crippen LogP contribution in [0.2, 0.25) is 0 Å². The Labute approximate surface area is 169 Å². The van der Waals surface area contributed by atoms with Crippen LogP contribution in [0.25, 0.3) is 0 Å². The number of carbonyl (C=O) groups is 1. The summed E-state index contributed by atoms with van der Waals surface area (Å²) in [5.41, 5.74) is 1.12. The average Bonchev–Trinajstić information content (AvgIpc) is 2.65. The summed E-state index contributed by atoms with van der Waals surface area (Å²) < 4.78 is 27.1. The lowest BCUT2D eigenvalue weighted by atomic mass is 9.97. The van der Waals surface area contributed by atoms with Crippen LogP contribution in [0.15, 0.2) is 29.2 Å². The standard InChI is InChI=1S/C19H31N3O3S.ClH/c1-4-20-11-12-21-19(23)17-9-13-22(14-10-17)26(24,25)18-7-5-16(6-8-18)15(2)3;/h5-8,15,17,20H,4,9-14H2,1-3H3,(H,21,23);1H. The largest absolute Gasteiger partial charge is 0.355 e. The molecule has 27 heavy (non-hydrogen) atoms. The highest BCUT2D eigenvalue weighted by Crippen LogP contribution is 2.25. The lowest BCUT2D eigenvalue weighted by Gasteiger charge is -2.30. The van der Waals surface area contributed by atoms with Gasteiger partial charge in [0.1, 0.15) is 0 Å². The molecule has 2 N–H and O–H groups in total. The molecule has 0 saturated carbocycles. The molecule has 1 saturated heterocycles. The van der Waals surface area contributed by atoms with Gasteiger partial charge in [-0.3, -0.25) is 4.79 Å². The molecule has 6 nitrogen and oxygen atoms in total. The molecule has 1 aliphatic rings. The van der Waals surface area contributed by atoms with E-state index in [1.165, 1.54) is 4.31 Å².